The molecule has 142 valence electrons. The average Bonchev–Trinajstić information content (AvgIpc) is 3.16. The van der Waals surface area contributed by atoms with Gasteiger partial charge >= 0.3 is 0 Å². The van der Waals surface area contributed by atoms with E-state index in [1.807, 2.05) is 72.4 Å². The molecule has 0 aliphatic carbocycles. The maximum Gasteiger partial charge on any atom is 0.294 e. The fourth-order valence-corrected chi connectivity index (χ4v) is 3.91. The molecule has 1 aliphatic heterocycles. The van der Waals surface area contributed by atoms with Gasteiger partial charge in [0.25, 0.3) is 5.91 Å². The monoisotopic (exact) mass is 374 g/mol. The number of rotatable bonds is 4. The highest BCUT2D eigenvalue weighted by molar-refractivity contribution is 6.17. The van der Waals surface area contributed by atoms with E-state index in [9.17, 15) is 14.7 Å². The lowest BCUT2D eigenvalue weighted by atomic mass is 9.91. The van der Waals surface area contributed by atoms with Crippen molar-refractivity contribution in [2.45, 2.75) is 19.9 Å². The van der Waals surface area contributed by atoms with Crippen LogP contribution in [0, 0.1) is 5.92 Å². The van der Waals surface area contributed by atoms with E-state index in [-0.39, 0.29) is 17.3 Å². The quantitative estimate of drug-likeness (QED) is 0.740. The molecule has 1 unspecified atom stereocenters. The van der Waals surface area contributed by atoms with Gasteiger partial charge in [0.05, 0.1) is 11.6 Å². The number of hydrogen-bond donors (Lipinski definition) is 1. The third kappa shape index (κ3) is 2.62. The molecule has 2 aromatic carbocycles. The number of hydrogen-bond acceptors (Lipinski definition) is 3. The van der Waals surface area contributed by atoms with E-state index in [0.717, 1.165) is 16.5 Å². The summed E-state index contributed by atoms with van der Waals surface area (Å²) in [7, 11) is 1.93. The van der Waals surface area contributed by atoms with Gasteiger partial charge in [-0.3, -0.25) is 14.5 Å². The molecule has 1 N–H and O–H groups in total. The number of nitrogens with zero attached hydrogens (tertiary/aromatic N) is 2. The molecule has 0 saturated carbocycles. The molecule has 28 heavy (non-hydrogen) atoms. The lowest BCUT2D eigenvalue weighted by molar-refractivity contribution is -0.119. The lowest BCUT2D eigenvalue weighted by Gasteiger charge is -2.27. The first-order valence-electron chi connectivity index (χ1n) is 9.31. The summed E-state index contributed by atoms with van der Waals surface area (Å²) >= 11 is 0. The Morgan fingerprint density at radius 3 is 2.36 bits per heavy atom. The van der Waals surface area contributed by atoms with Crippen molar-refractivity contribution in [3.05, 3.63) is 77.7 Å². The van der Waals surface area contributed by atoms with Gasteiger partial charge in [-0.05, 0) is 18.2 Å². The Balaban J connectivity index is 1.99. The number of aliphatic hydroxyl groups excluding tert-OH is 1. The fraction of sp³-hybridized carbons (Fsp3) is 0.217. The van der Waals surface area contributed by atoms with Crippen molar-refractivity contribution in [2.24, 2.45) is 13.0 Å². The number of benzene rings is 2. The summed E-state index contributed by atoms with van der Waals surface area (Å²) in [6, 6.07) is 16.3. The molecule has 1 aromatic heterocycles. The van der Waals surface area contributed by atoms with Crippen molar-refractivity contribution in [3.63, 3.8) is 0 Å². The van der Waals surface area contributed by atoms with Crippen LogP contribution < -0.4 is 4.90 Å². The molecular weight excluding hydrogens is 352 g/mol. The third-order valence-corrected chi connectivity index (χ3v) is 5.25. The van der Waals surface area contributed by atoms with Crippen LogP contribution in [0.2, 0.25) is 0 Å². The second kappa shape index (κ2) is 6.68. The smallest absolute Gasteiger partial charge is 0.294 e. The zero-order valence-corrected chi connectivity index (χ0v) is 16.1. The van der Waals surface area contributed by atoms with Crippen LogP contribution in [-0.2, 0) is 16.6 Å². The summed E-state index contributed by atoms with van der Waals surface area (Å²) in [4.78, 5) is 27.6. The van der Waals surface area contributed by atoms with Gasteiger partial charge in [0.1, 0.15) is 0 Å². The van der Waals surface area contributed by atoms with E-state index in [4.69, 9.17) is 0 Å². The minimum Gasteiger partial charge on any atom is -0.503 e. The number of anilines is 1. The first kappa shape index (κ1) is 18.0. The van der Waals surface area contributed by atoms with E-state index in [0.29, 0.717) is 5.69 Å². The largest absolute Gasteiger partial charge is 0.503 e. The van der Waals surface area contributed by atoms with Crippen LogP contribution in [0.15, 0.2) is 72.1 Å². The molecule has 0 saturated heterocycles. The number of aromatic nitrogens is 1. The first-order valence-corrected chi connectivity index (χ1v) is 9.31. The van der Waals surface area contributed by atoms with Gasteiger partial charge in [-0.1, -0.05) is 50.2 Å². The van der Waals surface area contributed by atoms with Gasteiger partial charge in [-0.25, -0.2) is 0 Å². The zero-order chi connectivity index (χ0) is 20.0. The standard InChI is InChI=1S/C23H22N2O3/c1-14(2)21(26)19-20(17-13-24(3)18-12-8-7-11-16(17)18)25(23(28)22(19)27)15-9-5-4-6-10-15/h4-14,20,27H,1-3H3. The third-order valence-electron chi connectivity index (χ3n) is 5.25. The molecular formula is C23H22N2O3. The van der Waals surface area contributed by atoms with Gasteiger partial charge < -0.3 is 9.67 Å². The van der Waals surface area contributed by atoms with Crippen LogP contribution in [0.1, 0.15) is 25.5 Å². The minimum atomic E-state index is -0.670. The van der Waals surface area contributed by atoms with Crippen molar-refractivity contribution < 1.29 is 14.7 Å². The number of amides is 1. The van der Waals surface area contributed by atoms with E-state index in [1.54, 1.807) is 13.8 Å². The number of carbonyl (C=O) groups excluding carboxylic acids is 2. The van der Waals surface area contributed by atoms with Gasteiger partial charge in [-0.15, -0.1) is 0 Å². The summed E-state index contributed by atoms with van der Waals surface area (Å²) in [5.74, 6) is -1.56. The number of Topliss-reactive ketones (excluding diaryl/α,β-unsaturated/α-hetero) is 1. The number of aryl methyl sites for hydroxylation is 1. The van der Waals surface area contributed by atoms with Crippen LogP contribution in [0.5, 0.6) is 0 Å². The highest BCUT2D eigenvalue weighted by atomic mass is 16.3. The molecule has 3 aromatic rings. The maximum atomic E-state index is 13.0. The van der Waals surface area contributed by atoms with Gasteiger partial charge in [-0.2, -0.15) is 0 Å². The SMILES string of the molecule is CC(C)C(=O)C1=C(O)C(=O)N(c2ccccc2)C1c1cn(C)c2ccccc12. The van der Waals surface area contributed by atoms with Gasteiger partial charge in [0.15, 0.2) is 11.5 Å². The van der Waals surface area contributed by atoms with E-state index >= 15 is 0 Å². The second-order valence-electron chi connectivity index (χ2n) is 7.41. The number of fused-ring (bicyclic) bond motifs is 1. The topological polar surface area (TPSA) is 62.5 Å². The Morgan fingerprint density at radius 2 is 1.68 bits per heavy atom. The second-order valence-corrected chi connectivity index (χ2v) is 7.41. The van der Waals surface area contributed by atoms with Crippen molar-refractivity contribution in [2.75, 3.05) is 4.90 Å². The molecule has 0 bridgehead atoms. The Hall–Kier alpha value is -3.34. The molecule has 2 heterocycles. The Labute approximate surface area is 163 Å². The molecule has 0 fully saturated rings. The molecule has 1 amide bonds. The Bertz CT molecular complexity index is 1110. The fourth-order valence-electron chi connectivity index (χ4n) is 3.91. The van der Waals surface area contributed by atoms with Crippen molar-refractivity contribution >= 4 is 28.3 Å². The lowest BCUT2D eigenvalue weighted by Crippen LogP contribution is -2.31. The molecule has 4 rings (SSSR count). The molecule has 1 aliphatic rings. The summed E-state index contributed by atoms with van der Waals surface area (Å²) in [6.45, 7) is 3.55. The zero-order valence-electron chi connectivity index (χ0n) is 16.1. The van der Waals surface area contributed by atoms with Crippen LogP contribution in [0.25, 0.3) is 10.9 Å². The molecule has 5 nitrogen and oxygen atoms in total. The average molecular weight is 374 g/mol. The molecule has 0 radical (unpaired) electrons. The predicted molar refractivity (Wildman–Crippen MR) is 109 cm³/mol. The summed E-state index contributed by atoms with van der Waals surface area (Å²) < 4.78 is 1.98. The van der Waals surface area contributed by atoms with Gasteiger partial charge in [0.2, 0.25) is 0 Å². The highest BCUT2D eigenvalue weighted by Crippen LogP contribution is 2.44. The highest BCUT2D eigenvalue weighted by Gasteiger charge is 2.45. The van der Waals surface area contributed by atoms with E-state index in [1.165, 1.54) is 4.90 Å². The molecule has 0 spiro atoms. The minimum absolute atomic E-state index is 0.167. The number of carbonyl (C=O) groups is 2. The normalized spacial score (nSPS) is 17.2. The van der Waals surface area contributed by atoms with Crippen molar-refractivity contribution in [1.29, 1.82) is 0 Å². The maximum absolute atomic E-state index is 13.0. The Kier molecular flexibility index (Phi) is 4.30. The van der Waals surface area contributed by atoms with Gasteiger partial charge in [0, 0.05) is 41.3 Å². The van der Waals surface area contributed by atoms with Crippen LogP contribution >= 0.6 is 0 Å². The van der Waals surface area contributed by atoms with Crippen LogP contribution in [0.3, 0.4) is 0 Å². The van der Waals surface area contributed by atoms with E-state index < -0.39 is 17.7 Å². The predicted octanol–water partition coefficient (Wildman–Crippen LogP) is 4.30. The summed E-state index contributed by atoms with van der Waals surface area (Å²) in [5.41, 5.74) is 2.63. The Morgan fingerprint density at radius 1 is 1.04 bits per heavy atom. The van der Waals surface area contributed by atoms with Crippen LogP contribution in [0.4, 0.5) is 5.69 Å². The van der Waals surface area contributed by atoms with E-state index in [2.05, 4.69) is 0 Å². The molecule has 1 atom stereocenters. The number of ketones is 1. The number of para-hydroxylation sites is 2. The summed E-state index contributed by atoms with van der Waals surface area (Å²) in [6.07, 6.45) is 1.94. The van der Waals surface area contributed by atoms with Crippen LogP contribution in [-0.4, -0.2) is 21.4 Å². The molecule has 5 heteroatoms. The van der Waals surface area contributed by atoms with Crippen molar-refractivity contribution in [3.8, 4) is 0 Å². The summed E-state index contributed by atoms with van der Waals surface area (Å²) in [5, 5.41) is 11.6. The number of aliphatic hydroxyl groups is 1. The van der Waals surface area contributed by atoms with Crippen molar-refractivity contribution in [1.82, 2.24) is 4.57 Å². The first-order chi connectivity index (χ1) is 13.4.